The lowest BCUT2D eigenvalue weighted by molar-refractivity contribution is -0.993. The average Bonchev–Trinajstić information content (AvgIpc) is 3.75. The van der Waals surface area contributed by atoms with Crippen molar-refractivity contribution >= 4 is 21.8 Å². The summed E-state index contributed by atoms with van der Waals surface area (Å²) in [5, 5.41) is 2.47. The third-order valence-electron chi connectivity index (χ3n) is 10.3. The second-order valence-electron chi connectivity index (χ2n) is 12.7. The summed E-state index contributed by atoms with van der Waals surface area (Å²) in [7, 11) is 0. The van der Waals surface area contributed by atoms with Gasteiger partial charge in [-0.2, -0.15) is 9.13 Å². The van der Waals surface area contributed by atoms with E-state index in [1.807, 2.05) is 18.5 Å². The Kier molecular flexibility index (Phi) is 4.32. The van der Waals surface area contributed by atoms with Crippen molar-refractivity contribution in [3.05, 3.63) is 150 Å². The smallest absolute Gasteiger partial charge is 0.397 e. The molecule has 0 N–H and O–H groups in total. The normalized spacial score (nSPS) is 16.3. The second-order valence-corrected chi connectivity index (χ2v) is 12.7. The van der Waals surface area contributed by atoms with Gasteiger partial charge >= 0.3 is 5.66 Å². The third-order valence-corrected chi connectivity index (χ3v) is 10.3. The highest BCUT2D eigenvalue weighted by Gasteiger charge is 2.68. The summed E-state index contributed by atoms with van der Waals surface area (Å²) in [6, 6.07) is 34.8. The number of pyridine rings is 2. The maximum atomic E-state index is 6.79. The molecular formula is C40H27N5O+2. The minimum absolute atomic E-state index is 0.685. The molecule has 6 nitrogen and oxygen atoms in total. The van der Waals surface area contributed by atoms with E-state index in [4.69, 9.17) is 4.74 Å². The van der Waals surface area contributed by atoms with Crippen LogP contribution in [0.5, 0.6) is 11.5 Å². The van der Waals surface area contributed by atoms with Crippen molar-refractivity contribution in [2.75, 3.05) is 0 Å². The van der Waals surface area contributed by atoms with Gasteiger partial charge in [0.25, 0.3) is 5.82 Å². The minimum Gasteiger partial charge on any atom is -0.456 e. The Morgan fingerprint density at radius 3 is 2.46 bits per heavy atom. The maximum Gasteiger partial charge on any atom is 0.397 e. The molecule has 6 heteroatoms. The van der Waals surface area contributed by atoms with E-state index in [0.717, 1.165) is 34.1 Å². The van der Waals surface area contributed by atoms with E-state index in [2.05, 4.69) is 147 Å². The predicted molar refractivity (Wildman–Crippen MR) is 177 cm³/mol. The van der Waals surface area contributed by atoms with Crippen molar-refractivity contribution in [1.82, 2.24) is 14.2 Å². The molecule has 7 heterocycles. The van der Waals surface area contributed by atoms with Crippen LogP contribution in [0.2, 0.25) is 0 Å². The first-order valence-corrected chi connectivity index (χ1v) is 15.7. The molecule has 216 valence electrons. The van der Waals surface area contributed by atoms with E-state index in [1.54, 1.807) is 0 Å². The first-order chi connectivity index (χ1) is 22.6. The summed E-state index contributed by atoms with van der Waals surface area (Å²) in [5.74, 6) is 2.90. The van der Waals surface area contributed by atoms with Crippen LogP contribution in [0.3, 0.4) is 0 Å². The quantitative estimate of drug-likeness (QED) is 0.195. The summed E-state index contributed by atoms with van der Waals surface area (Å²) in [5.41, 5.74) is 12.4. The second kappa shape index (κ2) is 8.17. The predicted octanol–water partition coefficient (Wildman–Crippen LogP) is 7.53. The molecule has 0 saturated heterocycles. The lowest BCUT2D eigenvalue weighted by Gasteiger charge is -2.32. The fourth-order valence-corrected chi connectivity index (χ4v) is 8.66. The summed E-state index contributed by atoms with van der Waals surface area (Å²) in [4.78, 5) is 4.36. The highest BCUT2D eigenvalue weighted by Crippen LogP contribution is 2.55. The third kappa shape index (κ3) is 2.69. The highest BCUT2D eigenvalue weighted by atomic mass is 16.5. The first-order valence-electron chi connectivity index (χ1n) is 15.7. The number of hydrogen-bond acceptors (Lipinski definition) is 2. The monoisotopic (exact) mass is 593 g/mol. The van der Waals surface area contributed by atoms with Crippen molar-refractivity contribution < 1.29 is 14.0 Å². The van der Waals surface area contributed by atoms with Crippen molar-refractivity contribution in [3.8, 4) is 45.3 Å². The fourth-order valence-electron chi connectivity index (χ4n) is 8.66. The SMILES string of the molecule is Cc1cc(-c2cccnc2)cc(C)c1-c1cn2[n+](c1)C13c4c(cccc4-2)Oc2ccc4c5ccccc5n(c4c21)-c1cccc[n+]13. The Balaban J connectivity index is 1.26. The van der Waals surface area contributed by atoms with Crippen LogP contribution in [0.1, 0.15) is 22.3 Å². The zero-order chi connectivity index (χ0) is 30.3. The van der Waals surface area contributed by atoms with Gasteiger partial charge in [-0.3, -0.25) is 4.98 Å². The van der Waals surface area contributed by atoms with Gasteiger partial charge in [0.2, 0.25) is 6.20 Å². The van der Waals surface area contributed by atoms with Crippen LogP contribution in [0.4, 0.5) is 0 Å². The van der Waals surface area contributed by atoms with Crippen LogP contribution < -0.4 is 14.0 Å². The molecule has 1 atom stereocenters. The van der Waals surface area contributed by atoms with Crippen LogP contribution in [-0.4, -0.2) is 14.2 Å². The van der Waals surface area contributed by atoms with Crippen molar-refractivity contribution in [1.29, 1.82) is 0 Å². The summed E-state index contributed by atoms with van der Waals surface area (Å²) in [6.07, 6.45) is 10.6. The number of nitrogens with zero attached hydrogens (tertiary/aromatic N) is 5. The molecule has 0 bridgehead atoms. The Morgan fingerprint density at radius 2 is 1.59 bits per heavy atom. The average molecular weight is 594 g/mol. The van der Waals surface area contributed by atoms with E-state index in [1.165, 1.54) is 55.2 Å². The zero-order valence-corrected chi connectivity index (χ0v) is 25.3. The van der Waals surface area contributed by atoms with Gasteiger partial charge in [-0.25, -0.2) is 0 Å². The zero-order valence-electron chi connectivity index (χ0n) is 25.3. The molecule has 8 aromatic rings. The van der Waals surface area contributed by atoms with Crippen LogP contribution >= 0.6 is 0 Å². The van der Waals surface area contributed by atoms with Gasteiger partial charge < -0.3 is 4.74 Å². The molecule has 3 aliphatic heterocycles. The van der Waals surface area contributed by atoms with E-state index < -0.39 is 5.66 Å². The Labute approximate surface area is 264 Å². The van der Waals surface area contributed by atoms with Crippen molar-refractivity contribution in [2.45, 2.75) is 19.5 Å². The molecular weight excluding hydrogens is 566 g/mol. The van der Waals surface area contributed by atoms with Gasteiger partial charge in [0.05, 0.1) is 18.0 Å². The number of benzene rings is 4. The maximum absolute atomic E-state index is 6.79. The van der Waals surface area contributed by atoms with Gasteiger partial charge in [0.15, 0.2) is 11.1 Å². The van der Waals surface area contributed by atoms with Gasteiger partial charge in [0, 0.05) is 34.8 Å². The topological polar surface area (TPSA) is 39.7 Å². The summed E-state index contributed by atoms with van der Waals surface area (Å²) >= 11 is 0. The lowest BCUT2D eigenvalue weighted by atomic mass is 9.84. The molecule has 1 unspecified atom stereocenters. The number of aromatic nitrogens is 5. The van der Waals surface area contributed by atoms with E-state index in [0.29, 0.717) is 0 Å². The Bertz CT molecular complexity index is 2620. The van der Waals surface area contributed by atoms with Crippen molar-refractivity contribution in [2.24, 2.45) is 0 Å². The number of hydrogen-bond donors (Lipinski definition) is 0. The molecule has 11 rings (SSSR count). The molecule has 0 aliphatic carbocycles. The summed E-state index contributed by atoms with van der Waals surface area (Å²) in [6.45, 7) is 4.44. The summed E-state index contributed by atoms with van der Waals surface area (Å²) < 4.78 is 16.4. The standard InChI is InChI=1S/C40H27N5O/c1-24-19-27(26-9-8-17-41-21-26)20-25(2)36(24)28-22-43-32-12-7-13-33-37(32)40(44(43)23-28)38-34(46-33)16-15-30-29-10-3-4-11-31(29)45(39(30)38)35-14-5-6-18-42(35)40/h3-23H,1-2H3/q+2. The first kappa shape index (κ1) is 24.3. The number of para-hydroxylation sites is 1. The molecule has 0 fully saturated rings. The lowest BCUT2D eigenvalue weighted by Crippen LogP contribution is -2.76. The molecule has 46 heavy (non-hydrogen) atoms. The van der Waals surface area contributed by atoms with E-state index >= 15 is 0 Å². The van der Waals surface area contributed by atoms with E-state index in [-0.39, 0.29) is 0 Å². The van der Waals surface area contributed by atoms with Gasteiger partial charge in [-0.1, -0.05) is 47.1 Å². The number of fused-ring (bicyclic) bond motifs is 7. The highest BCUT2D eigenvalue weighted by molar-refractivity contribution is 6.11. The van der Waals surface area contributed by atoms with Gasteiger partial charge in [-0.05, 0) is 84.6 Å². The minimum atomic E-state index is -0.685. The van der Waals surface area contributed by atoms with Crippen LogP contribution in [0.15, 0.2) is 128 Å². The Morgan fingerprint density at radius 1 is 0.739 bits per heavy atom. The molecule has 0 radical (unpaired) electrons. The number of aryl methyl sites for hydroxylation is 2. The van der Waals surface area contributed by atoms with Crippen LogP contribution in [0.25, 0.3) is 55.6 Å². The van der Waals surface area contributed by atoms with Crippen molar-refractivity contribution in [3.63, 3.8) is 0 Å². The molecule has 3 aliphatic rings. The molecule has 0 amide bonds. The number of ether oxygens (including phenoxy) is 1. The molecule has 4 aromatic heterocycles. The largest absolute Gasteiger partial charge is 0.456 e. The van der Waals surface area contributed by atoms with E-state index in [9.17, 15) is 0 Å². The number of rotatable bonds is 2. The molecule has 1 spiro atoms. The fraction of sp³-hybridized carbons (Fsp3) is 0.0750. The molecule has 4 aromatic carbocycles. The molecule has 0 saturated carbocycles. The van der Waals surface area contributed by atoms with Crippen LogP contribution in [-0.2, 0) is 5.66 Å². The van der Waals surface area contributed by atoms with Crippen LogP contribution in [0, 0.1) is 13.8 Å². The van der Waals surface area contributed by atoms with Gasteiger partial charge in [0.1, 0.15) is 28.3 Å². The van der Waals surface area contributed by atoms with Gasteiger partial charge in [-0.15, -0.1) is 4.68 Å². The Hall–Kier alpha value is -6.01.